The Balaban J connectivity index is 1.30. The van der Waals surface area contributed by atoms with Crippen LogP contribution in [0.1, 0.15) is 33.6 Å². The molecule has 30 heavy (non-hydrogen) atoms. The monoisotopic (exact) mass is 417 g/mol. The molecule has 0 unspecified atom stereocenters. The molecule has 1 aromatic heterocycles. The van der Waals surface area contributed by atoms with Gasteiger partial charge in [-0.3, -0.25) is 9.59 Å². The molecule has 150 valence electrons. The zero-order valence-corrected chi connectivity index (χ0v) is 16.9. The van der Waals surface area contributed by atoms with Crippen LogP contribution in [0.4, 0.5) is 10.7 Å². The van der Waals surface area contributed by atoms with Crippen LogP contribution >= 0.6 is 11.3 Å². The van der Waals surface area contributed by atoms with Gasteiger partial charge in [0.2, 0.25) is 5.91 Å². The van der Waals surface area contributed by atoms with Gasteiger partial charge in [-0.25, -0.2) is 0 Å². The van der Waals surface area contributed by atoms with E-state index < -0.39 is 0 Å². The fourth-order valence-electron chi connectivity index (χ4n) is 2.82. The summed E-state index contributed by atoms with van der Waals surface area (Å²) >= 11 is 1.25. The smallest absolute Gasteiger partial charge is 0.265 e. The van der Waals surface area contributed by atoms with E-state index in [0.29, 0.717) is 33.5 Å². The molecule has 0 bridgehead atoms. The molecular weight excluding hydrogens is 398 g/mol. The predicted molar refractivity (Wildman–Crippen MR) is 116 cm³/mol. The molecule has 1 heterocycles. The van der Waals surface area contributed by atoms with Crippen molar-refractivity contribution in [2.45, 2.75) is 19.4 Å². The first-order valence-corrected chi connectivity index (χ1v) is 10.4. The summed E-state index contributed by atoms with van der Waals surface area (Å²) < 4.78 is 5.74. The molecule has 0 aliphatic heterocycles. The van der Waals surface area contributed by atoms with E-state index in [4.69, 9.17) is 10.00 Å². The van der Waals surface area contributed by atoms with Crippen LogP contribution in [0.15, 0.2) is 60.7 Å². The van der Waals surface area contributed by atoms with Crippen molar-refractivity contribution in [1.82, 2.24) is 0 Å². The first-order chi connectivity index (χ1) is 14.6. The number of nitrogens with one attached hydrogen (secondary N) is 2. The summed E-state index contributed by atoms with van der Waals surface area (Å²) in [5, 5.41) is 15.3. The molecule has 4 rings (SSSR count). The van der Waals surface area contributed by atoms with E-state index in [1.54, 1.807) is 48.5 Å². The van der Waals surface area contributed by atoms with E-state index in [1.807, 2.05) is 12.1 Å². The van der Waals surface area contributed by atoms with Crippen molar-refractivity contribution in [2.24, 2.45) is 5.92 Å². The largest absolute Gasteiger partial charge is 0.489 e. The van der Waals surface area contributed by atoms with Crippen LogP contribution in [0.25, 0.3) is 0 Å². The predicted octanol–water partition coefficient (Wildman–Crippen LogP) is 4.80. The average molecular weight is 417 g/mol. The molecule has 6 nitrogen and oxygen atoms in total. The lowest BCUT2D eigenvalue weighted by Crippen LogP contribution is -2.12. The van der Waals surface area contributed by atoms with E-state index in [-0.39, 0.29) is 17.7 Å². The summed E-state index contributed by atoms with van der Waals surface area (Å²) in [4.78, 5) is 24.8. The molecule has 1 aliphatic rings. The second-order valence-electron chi connectivity index (χ2n) is 7.01. The summed E-state index contributed by atoms with van der Waals surface area (Å²) in [6.45, 7) is 0.353. The summed E-state index contributed by atoms with van der Waals surface area (Å²) in [5.74, 6) is 0.588. The van der Waals surface area contributed by atoms with Gasteiger partial charge >= 0.3 is 0 Å². The third-order valence-electron chi connectivity index (χ3n) is 4.60. The Hall–Kier alpha value is -3.63. The fraction of sp³-hybridized carbons (Fsp3) is 0.174. The molecule has 0 radical (unpaired) electrons. The van der Waals surface area contributed by atoms with Crippen LogP contribution < -0.4 is 15.4 Å². The Morgan fingerprint density at radius 3 is 2.60 bits per heavy atom. The first-order valence-electron chi connectivity index (χ1n) is 9.55. The number of hydrogen-bond donors (Lipinski definition) is 2. The highest BCUT2D eigenvalue weighted by Crippen LogP contribution is 2.31. The minimum Gasteiger partial charge on any atom is -0.489 e. The van der Waals surface area contributed by atoms with Gasteiger partial charge in [0.1, 0.15) is 12.4 Å². The van der Waals surface area contributed by atoms with Crippen molar-refractivity contribution in [3.63, 3.8) is 0 Å². The van der Waals surface area contributed by atoms with E-state index >= 15 is 0 Å². The standard InChI is InChI=1S/C23H19N3O3S/c24-13-15-2-1-3-16(12-15)14-29-19-8-6-18(7-9-19)25-23(28)20-10-11-21(30-20)26-22(27)17-4-5-17/h1-3,6-12,17H,4-5,14H2,(H,25,28)(H,26,27). The van der Waals surface area contributed by atoms with Gasteiger partial charge in [0.15, 0.2) is 0 Å². The van der Waals surface area contributed by atoms with Gasteiger partial charge in [-0.15, -0.1) is 11.3 Å². The maximum Gasteiger partial charge on any atom is 0.265 e. The Morgan fingerprint density at radius 1 is 1.07 bits per heavy atom. The lowest BCUT2D eigenvalue weighted by Gasteiger charge is -2.08. The van der Waals surface area contributed by atoms with Gasteiger partial charge in [-0.2, -0.15) is 5.26 Å². The van der Waals surface area contributed by atoms with E-state index in [1.165, 1.54) is 11.3 Å². The van der Waals surface area contributed by atoms with Gasteiger partial charge in [0.25, 0.3) is 5.91 Å². The summed E-state index contributed by atoms with van der Waals surface area (Å²) in [6.07, 6.45) is 1.88. The van der Waals surface area contributed by atoms with Crippen molar-refractivity contribution >= 4 is 33.8 Å². The van der Waals surface area contributed by atoms with Crippen LogP contribution in [-0.4, -0.2) is 11.8 Å². The number of hydrogen-bond acceptors (Lipinski definition) is 5. The number of carbonyl (C=O) groups excluding carboxylic acids is 2. The molecule has 2 aromatic carbocycles. The number of ether oxygens (including phenoxy) is 1. The number of thiophene rings is 1. The molecule has 1 fully saturated rings. The van der Waals surface area contributed by atoms with Gasteiger partial charge < -0.3 is 15.4 Å². The molecule has 2 amide bonds. The van der Waals surface area contributed by atoms with Crippen molar-refractivity contribution in [2.75, 3.05) is 10.6 Å². The molecule has 0 saturated heterocycles. The molecule has 7 heteroatoms. The summed E-state index contributed by atoms with van der Waals surface area (Å²) in [6, 6.07) is 19.9. The van der Waals surface area contributed by atoms with Gasteiger partial charge in [0, 0.05) is 11.6 Å². The summed E-state index contributed by atoms with van der Waals surface area (Å²) in [7, 11) is 0. The number of rotatable bonds is 7. The lowest BCUT2D eigenvalue weighted by molar-refractivity contribution is -0.117. The quantitative estimate of drug-likeness (QED) is 0.578. The third kappa shape index (κ3) is 5.04. The van der Waals surface area contributed by atoms with Gasteiger partial charge in [0.05, 0.1) is 21.5 Å². The molecule has 2 N–H and O–H groups in total. The number of nitriles is 1. The Morgan fingerprint density at radius 2 is 1.87 bits per heavy atom. The zero-order valence-electron chi connectivity index (χ0n) is 16.1. The maximum atomic E-state index is 12.4. The van der Waals surface area contributed by atoms with Crippen molar-refractivity contribution in [1.29, 1.82) is 5.26 Å². The lowest BCUT2D eigenvalue weighted by atomic mass is 10.1. The Kier molecular flexibility index (Phi) is 5.77. The van der Waals surface area contributed by atoms with E-state index in [0.717, 1.165) is 18.4 Å². The summed E-state index contributed by atoms with van der Waals surface area (Å²) in [5.41, 5.74) is 2.16. The highest BCUT2D eigenvalue weighted by Gasteiger charge is 2.29. The third-order valence-corrected chi connectivity index (χ3v) is 5.60. The van der Waals surface area contributed by atoms with Crippen LogP contribution in [0.2, 0.25) is 0 Å². The van der Waals surface area contributed by atoms with Crippen LogP contribution in [0.5, 0.6) is 5.75 Å². The van der Waals surface area contributed by atoms with Crippen molar-refractivity contribution in [3.05, 3.63) is 76.7 Å². The number of carbonyl (C=O) groups is 2. The molecule has 1 saturated carbocycles. The number of nitrogens with zero attached hydrogens (tertiary/aromatic N) is 1. The van der Waals surface area contributed by atoms with Gasteiger partial charge in [-0.1, -0.05) is 12.1 Å². The highest BCUT2D eigenvalue weighted by molar-refractivity contribution is 7.18. The highest BCUT2D eigenvalue weighted by atomic mass is 32.1. The number of benzene rings is 2. The number of amides is 2. The normalized spacial score (nSPS) is 12.6. The van der Waals surface area contributed by atoms with Gasteiger partial charge in [-0.05, 0) is 66.9 Å². The topological polar surface area (TPSA) is 91.2 Å². The molecule has 0 spiro atoms. The minimum atomic E-state index is -0.228. The SMILES string of the molecule is N#Cc1cccc(COc2ccc(NC(=O)c3ccc(NC(=O)C4CC4)s3)cc2)c1. The van der Waals surface area contributed by atoms with Crippen LogP contribution in [0, 0.1) is 17.2 Å². The Bertz CT molecular complexity index is 1110. The average Bonchev–Trinajstić information content (AvgIpc) is 3.52. The van der Waals surface area contributed by atoms with Crippen molar-refractivity contribution in [3.8, 4) is 11.8 Å². The van der Waals surface area contributed by atoms with Crippen LogP contribution in [0.3, 0.4) is 0 Å². The molecule has 1 aliphatic carbocycles. The molecule has 3 aromatic rings. The minimum absolute atomic E-state index is 0.0266. The van der Waals surface area contributed by atoms with E-state index in [9.17, 15) is 9.59 Å². The number of anilines is 2. The zero-order chi connectivity index (χ0) is 20.9. The van der Waals surface area contributed by atoms with Crippen LogP contribution in [-0.2, 0) is 11.4 Å². The van der Waals surface area contributed by atoms with Crippen molar-refractivity contribution < 1.29 is 14.3 Å². The molecular formula is C23H19N3O3S. The molecule has 0 atom stereocenters. The van der Waals surface area contributed by atoms with E-state index in [2.05, 4.69) is 16.7 Å². The second kappa shape index (κ2) is 8.80. The Labute approximate surface area is 178 Å². The fourth-order valence-corrected chi connectivity index (χ4v) is 3.63. The second-order valence-corrected chi connectivity index (χ2v) is 8.09. The first kappa shape index (κ1) is 19.7. The maximum absolute atomic E-state index is 12.4.